The number of morpholine rings is 1. The highest BCUT2D eigenvalue weighted by Crippen LogP contribution is 2.31. The van der Waals surface area contributed by atoms with E-state index in [0.29, 0.717) is 26.3 Å². The molecule has 0 unspecified atom stereocenters. The summed E-state index contributed by atoms with van der Waals surface area (Å²) in [5.41, 5.74) is -1.86. The number of hydrogen-bond donors (Lipinski definition) is 2. The Morgan fingerprint density at radius 1 is 1.30 bits per heavy atom. The smallest absolute Gasteiger partial charge is 0.416 e. The largest absolute Gasteiger partial charge is 0.494 e. The summed E-state index contributed by atoms with van der Waals surface area (Å²) >= 11 is 5.01. The van der Waals surface area contributed by atoms with E-state index in [1.807, 2.05) is 0 Å². The molecule has 1 aromatic carbocycles. The number of alkyl halides is 3. The van der Waals surface area contributed by atoms with E-state index < -0.39 is 23.2 Å². The normalized spacial score (nSPS) is 15.4. The number of benzene rings is 1. The minimum Gasteiger partial charge on any atom is -0.494 e. The number of hydrazone groups is 1. The summed E-state index contributed by atoms with van der Waals surface area (Å²) in [7, 11) is 0. The van der Waals surface area contributed by atoms with Crippen LogP contribution in [0.2, 0.25) is 0 Å². The quantitative estimate of drug-likeness (QED) is 0.610. The van der Waals surface area contributed by atoms with Crippen LogP contribution in [-0.2, 0) is 10.9 Å². The summed E-state index contributed by atoms with van der Waals surface area (Å²) in [6, 6.07) is 4.26. The monoisotopic (exact) mass is 400 g/mol. The fourth-order valence-electron chi connectivity index (χ4n) is 2.52. The molecular weight excluding hydrogens is 385 g/mol. The van der Waals surface area contributed by atoms with Gasteiger partial charge in [-0.2, -0.15) is 18.3 Å². The number of rotatable bonds is 3. The van der Waals surface area contributed by atoms with E-state index in [1.54, 1.807) is 5.01 Å². The van der Waals surface area contributed by atoms with Gasteiger partial charge in [0.05, 0.1) is 43.8 Å². The summed E-state index contributed by atoms with van der Waals surface area (Å²) in [6.07, 6.45) is -3.41. The van der Waals surface area contributed by atoms with Crippen molar-refractivity contribution in [1.29, 1.82) is 0 Å². The lowest BCUT2D eigenvalue weighted by Crippen LogP contribution is -2.32. The van der Waals surface area contributed by atoms with Crippen LogP contribution in [0.3, 0.4) is 0 Å². The minimum absolute atomic E-state index is 0.0374. The molecule has 11 heteroatoms. The first-order valence-corrected chi connectivity index (χ1v) is 8.31. The number of nitrogens with zero attached hydrogens (tertiary/aromatic N) is 3. The van der Waals surface area contributed by atoms with Crippen molar-refractivity contribution in [2.75, 3.05) is 26.3 Å². The molecule has 1 fully saturated rings. The van der Waals surface area contributed by atoms with Crippen molar-refractivity contribution in [2.45, 2.75) is 6.18 Å². The molecule has 1 saturated heterocycles. The van der Waals surface area contributed by atoms with Crippen molar-refractivity contribution in [1.82, 2.24) is 14.6 Å². The zero-order valence-electron chi connectivity index (χ0n) is 13.9. The Bertz CT molecular complexity index is 978. The van der Waals surface area contributed by atoms with E-state index >= 15 is 0 Å². The van der Waals surface area contributed by atoms with Crippen molar-refractivity contribution in [2.24, 2.45) is 5.10 Å². The number of aromatic nitrogens is 2. The van der Waals surface area contributed by atoms with Gasteiger partial charge in [-0.05, 0) is 30.4 Å². The average molecular weight is 400 g/mol. The Hall–Kier alpha value is -2.66. The van der Waals surface area contributed by atoms with Crippen molar-refractivity contribution in [3.05, 3.63) is 50.5 Å². The molecule has 2 heterocycles. The van der Waals surface area contributed by atoms with E-state index in [0.717, 1.165) is 22.9 Å². The summed E-state index contributed by atoms with van der Waals surface area (Å²) in [4.78, 5) is 14.5. The first kappa shape index (κ1) is 19.1. The standard InChI is InChI=1S/C16H15F3N4O3S/c17-16(18,19)10-2-1-3-11(8-10)23-14(25)12(13(24)21-15(23)27)9-20-22-4-6-26-7-5-22/h1-3,8-9,25H,4-7H2,(H,21,24,27)/b20-9+. The molecule has 3 rings (SSSR count). The van der Waals surface area contributed by atoms with Crippen LogP contribution in [0.25, 0.3) is 5.69 Å². The molecular formula is C16H15F3N4O3S. The van der Waals surface area contributed by atoms with Gasteiger partial charge in [-0.15, -0.1) is 0 Å². The molecule has 2 aromatic rings. The maximum Gasteiger partial charge on any atom is 0.416 e. The zero-order valence-corrected chi connectivity index (χ0v) is 14.7. The van der Waals surface area contributed by atoms with Gasteiger partial charge in [0.1, 0.15) is 5.56 Å². The van der Waals surface area contributed by atoms with Gasteiger partial charge >= 0.3 is 6.18 Å². The Balaban J connectivity index is 2.06. The summed E-state index contributed by atoms with van der Waals surface area (Å²) < 4.78 is 44.8. The molecule has 2 N–H and O–H groups in total. The molecule has 1 aliphatic rings. The number of aromatic amines is 1. The van der Waals surface area contributed by atoms with E-state index in [2.05, 4.69) is 10.1 Å². The van der Waals surface area contributed by atoms with Crippen molar-refractivity contribution in [3.8, 4) is 11.6 Å². The predicted molar refractivity (Wildman–Crippen MR) is 93.9 cm³/mol. The highest BCUT2D eigenvalue weighted by Gasteiger charge is 2.30. The molecule has 0 spiro atoms. The van der Waals surface area contributed by atoms with Gasteiger partial charge in [0.2, 0.25) is 5.88 Å². The number of ether oxygens (including phenoxy) is 1. The van der Waals surface area contributed by atoms with Crippen LogP contribution in [0, 0.1) is 4.77 Å². The second-order valence-corrected chi connectivity index (χ2v) is 6.08. The molecule has 0 bridgehead atoms. The second-order valence-electron chi connectivity index (χ2n) is 5.69. The van der Waals surface area contributed by atoms with Crippen molar-refractivity contribution in [3.63, 3.8) is 0 Å². The van der Waals surface area contributed by atoms with E-state index in [-0.39, 0.29) is 16.0 Å². The average Bonchev–Trinajstić information content (AvgIpc) is 2.61. The lowest BCUT2D eigenvalue weighted by Gasteiger charge is -2.23. The van der Waals surface area contributed by atoms with Crippen LogP contribution in [-0.4, -0.2) is 52.2 Å². The van der Waals surface area contributed by atoms with Gasteiger partial charge in [-0.3, -0.25) is 19.4 Å². The number of nitrogens with one attached hydrogen (secondary N) is 1. The Labute approximate surface area is 156 Å². The van der Waals surface area contributed by atoms with Gasteiger partial charge in [-0.25, -0.2) is 0 Å². The Morgan fingerprint density at radius 3 is 2.67 bits per heavy atom. The van der Waals surface area contributed by atoms with E-state index in [4.69, 9.17) is 17.0 Å². The van der Waals surface area contributed by atoms with Crippen LogP contribution in [0.5, 0.6) is 5.88 Å². The first-order valence-electron chi connectivity index (χ1n) is 7.90. The first-order chi connectivity index (χ1) is 12.8. The number of aromatic hydroxyl groups is 1. The predicted octanol–water partition coefficient (Wildman–Crippen LogP) is 2.29. The topological polar surface area (TPSA) is 82.8 Å². The van der Waals surface area contributed by atoms with Crippen LogP contribution in [0.15, 0.2) is 34.2 Å². The number of halogens is 3. The van der Waals surface area contributed by atoms with Gasteiger partial charge in [0.15, 0.2) is 4.77 Å². The van der Waals surface area contributed by atoms with Gasteiger partial charge in [-0.1, -0.05) is 6.07 Å². The molecule has 7 nitrogen and oxygen atoms in total. The third kappa shape index (κ3) is 4.19. The number of hydrogen-bond acceptors (Lipinski definition) is 6. The molecule has 1 aromatic heterocycles. The lowest BCUT2D eigenvalue weighted by atomic mass is 10.2. The third-order valence-corrected chi connectivity index (χ3v) is 4.17. The Kier molecular flexibility index (Phi) is 5.33. The zero-order chi connectivity index (χ0) is 19.6. The highest BCUT2D eigenvalue weighted by atomic mass is 32.1. The van der Waals surface area contributed by atoms with Crippen LogP contribution < -0.4 is 5.56 Å². The third-order valence-electron chi connectivity index (χ3n) is 3.89. The van der Waals surface area contributed by atoms with Crippen LogP contribution in [0.1, 0.15) is 11.1 Å². The Morgan fingerprint density at radius 2 is 2.00 bits per heavy atom. The molecule has 144 valence electrons. The maximum absolute atomic E-state index is 13.0. The molecule has 0 aliphatic carbocycles. The SMILES string of the molecule is O=c1[nH]c(=S)n(-c2cccc(C(F)(F)F)c2)c(O)c1/C=N/N1CCOCC1. The van der Waals surface area contributed by atoms with Gasteiger partial charge in [0, 0.05) is 0 Å². The van der Waals surface area contributed by atoms with E-state index in [9.17, 15) is 23.1 Å². The van der Waals surface area contributed by atoms with Crippen LogP contribution >= 0.6 is 12.2 Å². The molecule has 0 atom stereocenters. The number of H-pyrrole nitrogens is 1. The van der Waals surface area contributed by atoms with Crippen LogP contribution in [0.4, 0.5) is 13.2 Å². The maximum atomic E-state index is 13.0. The molecule has 0 amide bonds. The summed E-state index contributed by atoms with van der Waals surface area (Å²) in [6.45, 7) is 1.99. The van der Waals surface area contributed by atoms with Crippen molar-refractivity contribution < 1.29 is 23.0 Å². The van der Waals surface area contributed by atoms with Gasteiger partial charge < -0.3 is 9.84 Å². The fourth-order valence-corrected chi connectivity index (χ4v) is 2.81. The van der Waals surface area contributed by atoms with Crippen molar-refractivity contribution >= 4 is 18.4 Å². The molecule has 0 radical (unpaired) electrons. The summed E-state index contributed by atoms with van der Waals surface area (Å²) in [5, 5.41) is 16.3. The fraction of sp³-hybridized carbons (Fsp3) is 0.312. The molecule has 0 saturated carbocycles. The molecule has 1 aliphatic heterocycles. The summed E-state index contributed by atoms with van der Waals surface area (Å²) in [5.74, 6) is -0.597. The highest BCUT2D eigenvalue weighted by molar-refractivity contribution is 7.71. The van der Waals surface area contributed by atoms with Gasteiger partial charge in [0.25, 0.3) is 5.56 Å². The molecule has 27 heavy (non-hydrogen) atoms. The second kappa shape index (κ2) is 7.53. The minimum atomic E-state index is -4.56. The lowest BCUT2D eigenvalue weighted by molar-refractivity contribution is -0.137. The van der Waals surface area contributed by atoms with E-state index in [1.165, 1.54) is 12.1 Å².